The number of nitrogens with one attached hydrogen (secondary N) is 1. The fraction of sp³-hybridized carbons (Fsp3) is 0.333. The van der Waals surface area contributed by atoms with Crippen molar-refractivity contribution in [3.05, 3.63) is 53.2 Å². The average molecular weight is 274 g/mol. The van der Waals surface area contributed by atoms with Gasteiger partial charge in [0.05, 0.1) is 26.3 Å². The number of aromatic nitrogens is 1. The van der Waals surface area contributed by atoms with Crippen LogP contribution in [0.3, 0.4) is 0 Å². The van der Waals surface area contributed by atoms with Crippen molar-refractivity contribution in [2.24, 2.45) is 0 Å². The topological polar surface area (TPSA) is 64.4 Å². The van der Waals surface area contributed by atoms with E-state index in [-0.39, 0.29) is 12.4 Å². The van der Waals surface area contributed by atoms with Crippen molar-refractivity contribution in [3.8, 4) is 0 Å². The molecule has 0 radical (unpaired) electrons. The highest BCUT2D eigenvalue weighted by atomic mass is 16.5. The van der Waals surface area contributed by atoms with Gasteiger partial charge < -0.3 is 14.5 Å². The van der Waals surface area contributed by atoms with Gasteiger partial charge in [-0.25, -0.2) is 4.98 Å². The van der Waals surface area contributed by atoms with Gasteiger partial charge >= 0.3 is 5.97 Å². The van der Waals surface area contributed by atoms with E-state index in [9.17, 15) is 4.79 Å². The van der Waals surface area contributed by atoms with E-state index in [4.69, 9.17) is 9.15 Å². The van der Waals surface area contributed by atoms with Gasteiger partial charge in [-0.1, -0.05) is 24.3 Å². The minimum atomic E-state index is -0.235. The summed E-state index contributed by atoms with van der Waals surface area (Å²) < 4.78 is 10.1. The third kappa shape index (κ3) is 3.93. The summed E-state index contributed by atoms with van der Waals surface area (Å²) in [7, 11) is 1.40. The van der Waals surface area contributed by atoms with Crippen LogP contribution in [0.5, 0.6) is 0 Å². The third-order valence-electron chi connectivity index (χ3n) is 2.94. The molecule has 0 saturated carbocycles. The Hall–Kier alpha value is -2.14. The van der Waals surface area contributed by atoms with Crippen LogP contribution in [0.25, 0.3) is 0 Å². The van der Waals surface area contributed by atoms with E-state index in [1.807, 2.05) is 31.2 Å². The summed E-state index contributed by atoms with van der Waals surface area (Å²) in [4.78, 5) is 15.5. The van der Waals surface area contributed by atoms with Crippen molar-refractivity contribution in [1.29, 1.82) is 0 Å². The van der Waals surface area contributed by atoms with Gasteiger partial charge in [-0.15, -0.1) is 0 Å². The molecule has 1 aromatic heterocycles. The molecule has 1 aromatic carbocycles. The maximum atomic E-state index is 11.4. The van der Waals surface area contributed by atoms with Crippen LogP contribution in [0.2, 0.25) is 0 Å². The first-order valence-corrected chi connectivity index (χ1v) is 6.44. The number of ether oxygens (including phenoxy) is 1. The summed E-state index contributed by atoms with van der Waals surface area (Å²) >= 11 is 0. The lowest BCUT2D eigenvalue weighted by Crippen LogP contribution is -2.15. The Bertz CT molecular complexity index is 578. The SMILES string of the molecule is COC(=O)Cc1ccccc1CNCc1ncc(C)o1. The third-order valence-corrected chi connectivity index (χ3v) is 2.94. The van der Waals surface area contributed by atoms with E-state index in [1.54, 1.807) is 6.20 Å². The zero-order chi connectivity index (χ0) is 14.4. The molecule has 0 aliphatic carbocycles. The lowest BCUT2D eigenvalue weighted by molar-refractivity contribution is -0.139. The summed E-state index contributed by atoms with van der Waals surface area (Å²) in [6, 6.07) is 7.79. The molecule has 0 aliphatic heterocycles. The van der Waals surface area contributed by atoms with Crippen molar-refractivity contribution in [1.82, 2.24) is 10.3 Å². The Balaban J connectivity index is 1.93. The summed E-state index contributed by atoms with van der Waals surface area (Å²) in [5.41, 5.74) is 2.04. The Labute approximate surface area is 118 Å². The van der Waals surface area contributed by atoms with Crippen molar-refractivity contribution >= 4 is 5.97 Å². The van der Waals surface area contributed by atoms with Gasteiger partial charge in [-0.3, -0.25) is 4.79 Å². The molecule has 0 fully saturated rings. The molecule has 5 heteroatoms. The number of rotatable bonds is 6. The highest BCUT2D eigenvalue weighted by molar-refractivity contribution is 5.72. The number of methoxy groups -OCH3 is 1. The van der Waals surface area contributed by atoms with Crippen molar-refractivity contribution in [2.45, 2.75) is 26.4 Å². The number of oxazole rings is 1. The second-order valence-electron chi connectivity index (χ2n) is 4.49. The first kappa shape index (κ1) is 14.3. The highest BCUT2D eigenvalue weighted by Gasteiger charge is 2.08. The number of benzene rings is 1. The molecule has 1 heterocycles. The Morgan fingerprint density at radius 1 is 1.30 bits per heavy atom. The fourth-order valence-corrected chi connectivity index (χ4v) is 1.92. The van der Waals surface area contributed by atoms with Crippen LogP contribution in [-0.2, 0) is 29.0 Å². The number of carbonyl (C=O) groups is 1. The molecule has 5 nitrogen and oxygen atoms in total. The molecule has 2 rings (SSSR count). The molecule has 0 saturated heterocycles. The molecule has 106 valence electrons. The van der Waals surface area contributed by atoms with E-state index >= 15 is 0 Å². The highest BCUT2D eigenvalue weighted by Crippen LogP contribution is 2.10. The molecule has 0 aliphatic rings. The normalized spacial score (nSPS) is 10.5. The second-order valence-corrected chi connectivity index (χ2v) is 4.49. The van der Waals surface area contributed by atoms with Crippen LogP contribution >= 0.6 is 0 Å². The first-order valence-electron chi connectivity index (χ1n) is 6.44. The van der Waals surface area contributed by atoms with Gasteiger partial charge in [-0.05, 0) is 18.1 Å². The molecular formula is C15H18N2O3. The van der Waals surface area contributed by atoms with E-state index in [2.05, 4.69) is 10.3 Å². The standard InChI is InChI=1S/C15H18N2O3/c1-11-8-17-14(20-11)10-16-9-13-6-4-3-5-12(13)7-15(18)19-2/h3-6,8,16H,7,9-10H2,1-2H3. The zero-order valence-electron chi connectivity index (χ0n) is 11.7. The van der Waals surface area contributed by atoms with Crippen LogP contribution < -0.4 is 5.32 Å². The lowest BCUT2D eigenvalue weighted by atomic mass is 10.0. The predicted molar refractivity (Wildman–Crippen MR) is 73.9 cm³/mol. The minimum absolute atomic E-state index is 0.235. The van der Waals surface area contributed by atoms with Gasteiger partial charge in [-0.2, -0.15) is 0 Å². The monoisotopic (exact) mass is 274 g/mol. The van der Waals surface area contributed by atoms with Crippen LogP contribution in [0.1, 0.15) is 22.8 Å². The van der Waals surface area contributed by atoms with E-state index in [0.717, 1.165) is 16.9 Å². The van der Waals surface area contributed by atoms with Crippen molar-refractivity contribution < 1.29 is 13.9 Å². The summed E-state index contributed by atoms with van der Waals surface area (Å²) in [6.45, 7) is 3.07. The van der Waals surface area contributed by atoms with Crippen LogP contribution in [0.4, 0.5) is 0 Å². The largest absolute Gasteiger partial charge is 0.469 e. The molecule has 0 amide bonds. The molecule has 0 unspecified atom stereocenters. The number of hydrogen-bond acceptors (Lipinski definition) is 5. The maximum absolute atomic E-state index is 11.4. The van der Waals surface area contributed by atoms with Crippen molar-refractivity contribution in [2.75, 3.05) is 7.11 Å². The van der Waals surface area contributed by atoms with E-state index in [0.29, 0.717) is 19.0 Å². The molecule has 1 N–H and O–H groups in total. The number of hydrogen-bond donors (Lipinski definition) is 1. The Morgan fingerprint density at radius 3 is 2.70 bits per heavy atom. The van der Waals surface area contributed by atoms with Crippen LogP contribution in [0.15, 0.2) is 34.9 Å². The van der Waals surface area contributed by atoms with Gasteiger partial charge in [0.2, 0.25) is 5.89 Å². The fourth-order valence-electron chi connectivity index (χ4n) is 1.92. The van der Waals surface area contributed by atoms with E-state index in [1.165, 1.54) is 7.11 Å². The molecule has 0 atom stereocenters. The Morgan fingerprint density at radius 2 is 2.05 bits per heavy atom. The average Bonchev–Trinajstić information content (AvgIpc) is 2.86. The van der Waals surface area contributed by atoms with Gasteiger partial charge in [0.15, 0.2) is 0 Å². The molecule has 20 heavy (non-hydrogen) atoms. The lowest BCUT2D eigenvalue weighted by Gasteiger charge is -2.09. The van der Waals surface area contributed by atoms with Crippen molar-refractivity contribution in [3.63, 3.8) is 0 Å². The van der Waals surface area contributed by atoms with Crippen LogP contribution in [0, 0.1) is 6.92 Å². The quantitative estimate of drug-likeness (QED) is 0.816. The van der Waals surface area contributed by atoms with Gasteiger partial charge in [0, 0.05) is 6.54 Å². The number of aryl methyl sites for hydroxylation is 1. The number of nitrogens with zero attached hydrogens (tertiary/aromatic N) is 1. The summed E-state index contributed by atoms with van der Waals surface area (Å²) in [6.07, 6.45) is 1.98. The second kappa shape index (κ2) is 6.86. The molecular weight excluding hydrogens is 256 g/mol. The maximum Gasteiger partial charge on any atom is 0.309 e. The Kier molecular flexibility index (Phi) is 4.90. The molecule has 2 aromatic rings. The number of esters is 1. The summed E-state index contributed by atoms with van der Waals surface area (Å²) in [5, 5.41) is 3.25. The molecule has 0 bridgehead atoms. The minimum Gasteiger partial charge on any atom is -0.469 e. The van der Waals surface area contributed by atoms with Gasteiger partial charge in [0.25, 0.3) is 0 Å². The van der Waals surface area contributed by atoms with Crippen LogP contribution in [-0.4, -0.2) is 18.1 Å². The predicted octanol–water partition coefficient (Wildman–Crippen LogP) is 1.99. The van der Waals surface area contributed by atoms with E-state index < -0.39 is 0 Å². The number of carbonyl (C=O) groups excluding carboxylic acids is 1. The molecule has 0 spiro atoms. The smallest absolute Gasteiger partial charge is 0.309 e. The summed E-state index contributed by atoms with van der Waals surface area (Å²) in [5.74, 6) is 1.22. The first-order chi connectivity index (χ1) is 9.69. The zero-order valence-corrected chi connectivity index (χ0v) is 11.7. The van der Waals surface area contributed by atoms with Gasteiger partial charge in [0.1, 0.15) is 5.76 Å².